The van der Waals surface area contributed by atoms with Crippen molar-refractivity contribution in [3.63, 3.8) is 0 Å². The molecule has 2 saturated carbocycles. The number of rotatable bonds is 4. The van der Waals surface area contributed by atoms with Crippen molar-refractivity contribution in [3.05, 3.63) is 32.3 Å². The van der Waals surface area contributed by atoms with Crippen molar-refractivity contribution in [2.24, 2.45) is 17.8 Å². The smallest absolute Gasteiger partial charge is 0.328 e. The first kappa shape index (κ1) is 19.4. The number of aromatic nitrogens is 2. The summed E-state index contributed by atoms with van der Waals surface area (Å²) in [5.74, 6) is 1.11. The van der Waals surface area contributed by atoms with Crippen LogP contribution in [0.2, 0.25) is 0 Å². The number of fused-ring (bicyclic) bond motifs is 1. The SMILES string of the molecule is C[C@H]1CCCC[C@H]1NC(=O)C1CCC(Cn2c(=O)[nH]c3ccsc3c2=O)CC1. The molecule has 2 fully saturated rings. The molecule has 152 valence electrons. The lowest BCUT2D eigenvalue weighted by Gasteiger charge is -2.33. The predicted octanol–water partition coefficient (Wildman–Crippen LogP) is 3.25. The number of amides is 1. The van der Waals surface area contributed by atoms with Gasteiger partial charge >= 0.3 is 5.69 Å². The normalized spacial score (nSPS) is 28.3. The van der Waals surface area contributed by atoms with Crippen molar-refractivity contribution in [2.45, 2.75) is 70.9 Å². The molecule has 0 spiro atoms. The molecule has 0 radical (unpaired) electrons. The first-order chi connectivity index (χ1) is 13.5. The lowest BCUT2D eigenvalue weighted by molar-refractivity contribution is -0.127. The molecule has 2 aromatic heterocycles. The van der Waals surface area contributed by atoms with E-state index in [0.29, 0.717) is 28.7 Å². The number of nitrogens with zero attached hydrogens (tertiary/aromatic N) is 1. The van der Waals surface area contributed by atoms with Gasteiger partial charge in [0, 0.05) is 18.5 Å². The van der Waals surface area contributed by atoms with Crippen LogP contribution >= 0.6 is 11.3 Å². The van der Waals surface area contributed by atoms with Crippen LogP contribution in [-0.2, 0) is 11.3 Å². The number of thiophene rings is 1. The van der Waals surface area contributed by atoms with Crippen molar-refractivity contribution in [1.82, 2.24) is 14.9 Å². The molecule has 2 aromatic rings. The van der Waals surface area contributed by atoms with Gasteiger partial charge < -0.3 is 10.3 Å². The quantitative estimate of drug-likeness (QED) is 0.822. The van der Waals surface area contributed by atoms with Gasteiger partial charge in [0.05, 0.1) is 5.52 Å². The van der Waals surface area contributed by atoms with E-state index in [1.807, 2.05) is 5.38 Å². The summed E-state index contributed by atoms with van der Waals surface area (Å²) in [5.41, 5.74) is 0.0931. The number of aromatic amines is 1. The summed E-state index contributed by atoms with van der Waals surface area (Å²) in [6, 6.07) is 2.10. The lowest BCUT2D eigenvalue weighted by atomic mass is 9.80. The summed E-state index contributed by atoms with van der Waals surface area (Å²) in [6.45, 7) is 2.68. The molecular formula is C21H29N3O3S. The average molecular weight is 404 g/mol. The third-order valence-electron chi connectivity index (χ3n) is 6.69. The van der Waals surface area contributed by atoms with Gasteiger partial charge in [-0.1, -0.05) is 19.8 Å². The van der Waals surface area contributed by atoms with Gasteiger partial charge in [-0.3, -0.25) is 14.2 Å². The Morgan fingerprint density at radius 2 is 1.93 bits per heavy atom. The average Bonchev–Trinajstić information content (AvgIpc) is 3.16. The maximum Gasteiger partial charge on any atom is 0.328 e. The predicted molar refractivity (Wildman–Crippen MR) is 112 cm³/mol. The van der Waals surface area contributed by atoms with Crippen LogP contribution in [-0.4, -0.2) is 21.5 Å². The zero-order valence-electron chi connectivity index (χ0n) is 16.4. The Morgan fingerprint density at radius 1 is 1.18 bits per heavy atom. The molecule has 1 amide bonds. The van der Waals surface area contributed by atoms with E-state index in [1.165, 1.54) is 35.2 Å². The van der Waals surface area contributed by atoms with Crippen molar-refractivity contribution >= 4 is 27.5 Å². The maximum atomic E-state index is 12.7. The summed E-state index contributed by atoms with van der Waals surface area (Å²) >= 11 is 1.36. The highest BCUT2D eigenvalue weighted by atomic mass is 32.1. The maximum absolute atomic E-state index is 12.7. The highest BCUT2D eigenvalue weighted by molar-refractivity contribution is 7.17. The van der Waals surface area contributed by atoms with Gasteiger partial charge in [0.25, 0.3) is 5.56 Å². The van der Waals surface area contributed by atoms with E-state index in [4.69, 9.17) is 0 Å². The molecule has 2 N–H and O–H groups in total. The topological polar surface area (TPSA) is 84.0 Å². The Balaban J connectivity index is 1.35. The van der Waals surface area contributed by atoms with Crippen LogP contribution in [0.4, 0.5) is 0 Å². The van der Waals surface area contributed by atoms with E-state index < -0.39 is 0 Å². The molecule has 2 atom stereocenters. The summed E-state index contributed by atoms with van der Waals surface area (Å²) in [7, 11) is 0. The Labute approximate surface area is 168 Å². The molecular weight excluding hydrogens is 374 g/mol. The summed E-state index contributed by atoms with van der Waals surface area (Å²) in [5, 5.41) is 5.11. The molecule has 0 aliphatic heterocycles. The van der Waals surface area contributed by atoms with E-state index in [-0.39, 0.29) is 29.0 Å². The number of H-pyrrole nitrogens is 1. The fraction of sp³-hybridized carbons (Fsp3) is 0.667. The molecule has 6 nitrogen and oxygen atoms in total. The minimum atomic E-state index is -0.331. The zero-order valence-corrected chi connectivity index (χ0v) is 17.2. The van der Waals surface area contributed by atoms with Gasteiger partial charge in [-0.15, -0.1) is 11.3 Å². The molecule has 2 heterocycles. The number of carbonyl (C=O) groups excluding carboxylic acids is 1. The monoisotopic (exact) mass is 403 g/mol. The molecule has 7 heteroatoms. The Bertz CT molecular complexity index is 952. The van der Waals surface area contributed by atoms with Crippen LogP contribution in [0.5, 0.6) is 0 Å². The van der Waals surface area contributed by atoms with Crippen molar-refractivity contribution < 1.29 is 4.79 Å². The standard InChI is InChI=1S/C21H29N3O3S/c1-13-4-2-3-5-16(13)22-19(25)15-8-6-14(7-9-15)12-24-20(26)18-17(10-11-28-18)23-21(24)27/h10-11,13-16H,2-9,12H2,1H3,(H,22,25)(H,23,27)/t13-,14?,15?,16+/m0/s1. The molecule has 2 aliphatic carbocycles. The Morgan fingerprint density at radius 3 is 2.68 bits per heavy atom. The van der Waals surface area contributed by atoms with Gasteiger partial charge in [0.15, 0.2) is 0 Å². The largest absolute Gasteiger partial charge is 0.353 e. The molecule has 28 heavy (non-hydrogen) atoms. The molecule has 0 bridgehead atoms. The zero-order chi connectivity index (χ0) is 19.7. The van der Waals surface area contributed by atoms with E-state index >= 15 is 0 Å². The molecule has 0 aromatic carbocycles. The van der Waals surface area contributed by atoms with E-state index in [1.54, 1.807) is 6.07 Å². The van der Waals surface area contributed by atoms with Crippen molar-refractivity contribution in [3.8, 4) is 0 Å². The van der Waals surface area contributed by atoms with E-state index in [0.717, 1.165) is 32.1 Å². The Kier molecular flexibility index (Phi) is 5.71. The lowest BCUT2D eigenvalue weighted by Crippen LogP contribution is -2.44. The fourth-order valence-corrected chi connectivity index (χ4v) is 5.63. The van der Waals surface area contributed by atoms with Crippen LogP contribution in [0, 0.1) is 17.8 Å². The van der Waals surface area contributed by atoms with E-state index in [9.17, 15) is 14.4 Å². The van der Waals surface area contributed by atoms with Gasteiger partial charge in [0.1, 0.15) is 4.70 Å². The second-order valence-electron chi connectivity index (χ2n) is 8.60. The summed E-state index contributed by atoms with van der Waals surface area (Å²) in [6.07, 6.45) is 8.22. The van der Waals surface area contributed by atoms with Gasteiger partial charge in [-0.25, -0.2) is 4.79 Å². The Hall–Kier alpha value is -1.89. The van der Waals surface area contributed by atoms with Crippen LogP contribution < -0.4 is 16.6 Å². The molecule has 0 saturated heterocycles. The van der Waals surface area contributed by atoms with Crippen molar-refractivity contribution in [2.75, 3.05) is 0 Å². The number of hydrogen-bond donors (Lipinski definition) is 2. The van der Waals surface area contributed by atoms with Crippen LogP contribution in [0.25, 0.3) is 10.2 Å². The van der Waals surface area contributed by atoms with Crippen LogP contribution in [0.3, 0.4) is 0 Å². The van der Waals surface area contributed by atoms with Gasteiger partial charge in [0.2, 0.25) is 5.91 Å². The molecule has 2 aliphatic rings. The minimum absolute atomic E-state index is 0.0696. The van der Waals surface area contributed by atoms with Gasteiger partial charge in [-0.05, 0) is 61.8 Å². The number of carbonyl (C=O) groups is 1. The van der Waals surface area contributed by atoms with Crippen LogP contribution in [0.1, 0.15) is 58.3 Å². The first-order valence-electron chi connectivity index (χ1n) is 10.5. The second-order valence-corrected chi connectivity index (χ2v) is 9.52. The fourth-order valence-electron chi connectivity index (χ4n) is 4.83. The highest BCUT2D eigenvalue weighted by Crippen LogP contribution is 2.31. The first-order valence-corrected chi connectivity index (χ1v) is 11.4. The molecule has 0 unspecified atom stereocenters. The highest BCUT2D eigenvalue weighted by Gasteiger charge is 2.30. The second kappa shape index (κ2) is 8.23. The third-order valence-corrected chi connectivity index (χ3v) is 7.59. The summed E-state index contributed by atoms with van der Waals surface area (Å²) < 4.78 is 1.95. The van der Waals surface area contributed by atoms with E-state index in [2.05, 4.69) is 17.2 Å². The summed E-state index contributed by atoms with van der Waals surface area (Å²) in [4.78, 5) is 40.4. The number of nitrogens with one attached hydrogen (secondary N) is 2. The van der Waals surface area contributed by atoms with Crippen molar-refractivity contribution in [1.29, 1.82) is 0 Å². The minimum Gasteiger partial charge on any atom is -0.353 e. The molecule has 4 rings (SSSR count). The number of hydrogen-bond acceptors (Lipinski definition) is 4. The van der Waals surface area contributed by atoms with Crippen LogP contribution in [0.15, 0.2) is 21.0 Å². The third kappa shape index (κ3) is 3.95. The van der Waals surface area contributed by atoms with Gasteiger partial charge in [-0.2, -0.15) is 0 Å².